The Morgan fingerprint density at radius 3 is 2.41 bits per heavy atom. The van der Waals surface area contributed by atoms with Gasteiger partial charge in [0, 0.05) is 11.1 Å². The van der Waals surface area contributed by atoms with Crippen molar-refractivity contribution in [3.05, 3.63) is 58.5 Å². The molecule has 1 atom stereocenters. The zero-order chi connectivity index (χ0) is 12.6. The standard InChI is InChI=1S/C13H12F2O2/c1-7-5-12(15)10(6-11(7)14)13(16)9-3-4-17-8(9)2/h3-6,13,16H,1-2H3. The molecule has 2 nitrogen and oxygen atoms in total. The lowest BCUT2D eigenvalue weighted by atomic mass is 10.00. The molecule has 0 aliphatic rings. The number of furan rings is 1. The number of hydrogen-bond donors (Lipinski definition) is 1. The summed E-state index contributed by atoms with van der Waals surface area (Å²) in [6, 6.07) is 3.63. The zero-order valence-electron chi connectivity index (χ0n) is 9.50. The van der Waals surface area contributed by atoms with Gasteiger partial charge in [0.1, 0.15) is 23.5 Å². The Hall–Kier alpha value is -1.68. The van der Waals surface area contributed by atoms with Gasteiger partial charge in [-0.3, -0.25) is 0 Å². The second-order valence-electron chi connectivity index (χ2n) is 3.96. The van der Waals surface area contributed by atoms with E-state index in [0.717, 1.165) is 12.1 Å². The Morgan fingerprint density at radius 1 is 1.12 bits per heavy atom. The molecule has 0 spiro atoms. The van der Waals surface area contributed by atoms with Crippen LogP contribution in [0.1, 0.15) is 28.6 Å². The van der Waals surface area contributed by atoms with Crippen LogP contribution in [0.3, 0.4) is 0 Å². The van der Waals surface area contributed by atoms with Crippen LogP contribution < -0.4 is 0 Å². The average molecular weight is 238 g/mol. The number of aliphatic hydroxyl groups is 1. The Labute approximate surface area is 97.5 Å². The fourth-order valence-electron chi connectivity index (χ4n) is 1.72. The molecule has 2 aromatic rings. The monoisotopic (exact) mass is 238 g/mol. The number of halogens is 2. The molecule has 1 unspecified atom stereocenters. The summed E-state index contributed by atoms with van der Waals surface area (Å²) in [5.74, 6) is -0.684. The summed E-state index contributed by atoms with van der Waals surface area (Å²) >= 11 is 0. The third-order valence-electron chi connectivity index (χ3n) is 2.77. The van der Waals surface area contributed by atoms with Crippen LogP contribution >= 0.6 is 0 Å². The van der Waals surface area contributed by atoms with Gasteiger partial charge in [-0.15, -0.1) is 0 Å². The van der Waals surface area contributed by atoms with Crippen molar-refractivity contribution in [3.63, 3.8) is 0 Å². The molecule has 1 N–H and O–H groups in total. The minimum Gasteiger partial charge on any atom is -0.469 e. The first kappa shape index (κ1) is 11.8. The number of aryl methyl sites for hydroxylation is 2. The van der Waals surface area contributed by atoms with Gasteiger partial charge in [0.05, 0.1) is 6.26 Å². The van der Waals surface area contributed by atoms with E-state index < -0.39 is 17.7 Å². The average Bonchev–Trinajstić information content (AvgIpc) is 2.69. The largest absolute Gasteiger partial charge is 0.469 e. The molecule has 0 amide bonds. The first-order chi connectivity index (χ1) is 8.00. The van der Waals surface area contributed by atoms with Gasteiger partial charge in [-0.1, -0.05) is 0 Å². The van der Waals surface area contributed by atoms with E-state index in [2.05, 4.69) is 0 Å². The van der Waals surface area contributed by atoms with Crippen molar-refractivity contribution in [2.75, 3.05) is 0 Å². The molecule has 0 aliphatic carbocycles. The van der Waals surface area contributed by atoms with Crippen LogP contribution in [0.25, 0.3) is 0 Å². The van der Waals surface area contributed by atoms with Crippen LogP contribution in [-0.4, -0.2) is 5.11 Å². The molecule has 0 bridgehead atoms. The highest BCUT2D eigenvalue weighted by Crippen LogP contribution is 2.28. The minimum atomic E-state index is -1.22. The zero-order valence-corrected chi connectivity index (χ0v) is 9.50. The second kappa shape index (κ2) is 4.30. The van der Waals surface area contributed by atoms with Crippen molar-refractivity contribution < 1.29 is 18.3 Å². The lowest BCUT2D eigenvalue weighted by Gasteiger charge is -2.12. The normalized spacial score (nSPS) is 12.8. The Bertz CT molecular complexity index is 546. The summed E-state index contributed by atoms with van der Waals surface area (Å²) in [5, 5.41) is 9.99. The van der Waals surface area contributed by atoms with E-state index in [1.807, 2.05) is 0 Å². The molecule has 1 aromatic carbocycles. The lowest BCUT2D eigenvalue weighted by molar-refractivity contribution is 0.212. The van der Waals surface area contributed by atoms with Crippen molar-refractivity contribution in [3.8, 4) is 0 Å². The van der Waals surface area contributed by atoms with Crippen molar-refractivity contribution >= 4 is 0 Å². The molecule has 0 fully saturated rings. The SMILES string of the molecule is Cc1cc(F)c(C(O)c2ccoc2C)cc1F. The first-order valence-corrected chi connectivity index (χ1v) is 5.18. The summed E-state index contributed by atoms with van der Waals surface area (Å²) in [4.78, 5) is 0. The summed E-state index contributed by atoms with van der Waals surface area (Å²) in [5.41, 5.74) is 0.562. The van der Waals surface area contributed by atoms with Gasteiger partial charge in [0.15, 0.2) is 0 Å². The van der Waals surface area contributed by atoms with E-state index in [1.54, 1.807) is 6.92 Å². The molecular weight excluding hydrogens is 226 g/mol. The molecular formula is C13H12F2O2. The van der Waals surface area contributed by atoms with Crippen LogP contribution in [0, 0.1) is 25.5 Å². The van der Waals surface area contributed by atoms with Crippen LogP contribution in [0.4, 0.5) is 8.78 Å². The number of aliphatic hydroxyl groups excluding tert-OH is 1. The van der Waals surface area contributed by atoms with Crippen molar-refractivity contribution in [2.45, 2.75) is 20.0 Å². The van der Waals surface area contributed by atoms with E-state index >= 15 is 0 Å². The molecule has 0 saturated carbocycles. The van der Waals surface area contributed by atoms with E-state index in [0.29, 0.717) is 11.3 Å². The van der Waals surface area contributed by atoms with Crippen LogP contribution in [0.15, 0.2) is 28.9 Å². The maximum atomic E-state index is 13.6. The first-order valence-electron chi connectivity index (χ1n) is 5.18. The predicted octanol–water partition coefficient (Wildman–Crippen LogP) is 3.26. The number of benzene rings is 1. The smallest absolute Gasteiger partial charge is 0.129 e. The maximum absolute atomic E-state index is 13.6. The topological polar surface area (TPSA) is 33.4 Å². The third-order valence-corrected chi connectivity index (χ3v) is 2.77. The third kappa shape index (κ3) is 2.08. The van der Waals surface area contributed by atoms with Gasteiger partial charge in [0.2, 0.25) is 0 Å². The maximum Gasteiger partial charge on any atom is 0.129 e. The molecule has 0 aliphatic heterocycles. The number of hydrogen-bond acceptors (Lipinski definition) is 2. The van der Waals surface area contributed by atoms with Crippen LogP contribution in [-0.2, 0) is 0 Å². The quantitative estimate of drug-likeness (QED) is 0.871. The minimum absolute atomic E-state index is 0.0856. The van der Waals surface area contributed by atoms with Gasteiger partial charge in [-0.2, -0.15) is 0 Å². The summed E-state index contributed by atoms with van der Waals surface area (Å²) < 4.78 is 32.0. The lowest BCUT2D eigenvalue weighted by Crippen LogP contribution is -2.04. The molecule has 90 valence electrons. The Balaban J connectivity index is 2.48. The van der Waals surface area contributed by atoms with E-state index in [4.69, 9.17) is 4.42 Å². The molecule has 17 heavy (non-hydrogen) atoms. The fourth-order valence-corrected chi connectivity index (χ4v) is 1.72. The number of rotatable bonds is 2. The molecule has 1 heterocycles. The molecule has 0 radical (unpaired) electrons. The highest BCUT2D eigenvalue weighted by atomic mass is 19.1. The van der Waals surface area contributed by atoms with E-state index in [-0.39, 0.29) is 11.1 Å². The van der Waals surface area contributed by atoms with Gasteiger partial charge < -0.3 is 9.52 Å². The van der Waals surface area contributed by atoms with Crippen LogP contribution in [0.2, 0.25) is 0 Å². The van der Waals surface area contributed by atoms with E-state index in [9.17, 15) is 13.9 Å². The Kier molecular flexibility index (Phi) is 2.98. The van der Waals surface area contributed by atoms with Crippen molar-refractivity contribution in [1.82, 2.24) is 0 Å². The summed E-state index contributed by atoms with van der Waals surface area (Å²) in [7, 11) is 0. The fraction of sp³-hybridized carbons (Fsp3) is 0.231. The molecule has 0 saturated heterocycles. The molecule has 4 heteroatoms. The Morgan fingerprint density at radius 2 is 1.82 bits per heavy atom. The van der Waals surface area contributed by atoms with Crippen molar-refractivity contribution in [1.29, 1.82) is 0 Å². The van der Waals surface area contributed by atoms with Gasteiger partial charge in [0.25, 0.3) is 0 Å². The van der Waals surface area contributed by atoms with Gasteiger partial charge in [-0.25, -0.2) is 8.78 Å². The second-order valence-corrected chi connectivity index (χ2v) is 3.96. The highest BCUT2D eigenvalue weighted by molar-refractivity contribution is 5.34. The molecule has 1 aromatic heterocycles. The predicted molar refractivity (Wildman–Crippen MR) is 58.6 cm³/mol. The molecule has 2 rings (SSSR count). The highest BCUT2D eigenvalue weighted by Gasteiger charge is 2.20. The van der Waals surface area contributed by atoms with Gasteiger partial charge in [-0.05, 0) is 37.6 Å². The summed E-state index contributed by atoms with van der Waals surface area (Å²) in [6.45, 7) is 3.12. The van der Waals surface area contributed by atoms with Gasteiger partial charge >= 0.3 is 0 Å². The van der Waals surface area contributed by atoms with Crippen molar-refractivity contribution in [2.24, 2.45) is 0 Å². The van der Waals surface area contributed by atoms with Crippen LogP contribution in [0.5, 0.6) is 0 Å². The summed E-state index contributed by atoms with van der Waals surface area (Å²) in [6.07, 6.45) is 0.180. The van der Waals surface area contributed by atoms with E-state index in [1.165, 1.54) is 19.3 Å².